The lowest BCUT2D eigenvalue weighted by atomic mass is 9.99. The van der Waals surface area contributed by atoms with Crippen LogP contribution in [0.15, 0.2) is 0 Å². The normalized spacial score (nSPS) is 12.6. The van der Waals surface area contributed by atoms with E-state index in [4.69, 9.17) is 14.2 Å². The zero-order valence-electron chi connectivity index (χ0n) is 33.3. The average Bonchev–Trinajstić information content (AvgIpc) is 3.08. The van der Waals surface area contributed by atoms with E-state index in [9.17, 15) is 14.4 Å². The summed E-state index contributed by atoms with van der Waals surface area (Å²) in [6, 6.07) is 0. The molecule has 0 amide bonds. The van der Waals surface area contributed by atoms with Crippen LogP contribution in [0, 0.1) is 11.8 Å². The van der Waals surface area contributed by atoms with E-state index < -0.39 is 6.10 Å². The SMILES string of the molecule is CCCCCCCCCCCCC(=O)OC[C@@H](COC(=O)CCCCCCCCCCC(C)CC)OC(=O)CCCCCCCCC(C)C. The van der Waals surface area contributed by atoms with Crippen molar-refractivity contribution in [3.8, 4) is 0 Å². The summed E-state index contributed by atoms with van der Waals surface area (Å²) >= 11 is 0. The Bertz CT molecular complexity index is 751. The number of carbonyl (C=O) groups is 3. The molecule has 0 spiro atoms. The Labute approximate surface area is 304 Å². The zero-order chi connectivity index (χ0) is 36.2. The van der Waals surface area contributed by atoms with Crippen LogP contribution in [0.5, 0.6) is 0 Å². The van der Waals surface area contributed by atoms with Crippen molar-refractivity contribution in [2.75, 3.05) is 13.2 Å². The van der Waals surface area contributed by atoms with E-state index in [-0.39, 0.29) is 31.1 Å². The maximum absolute atomic E-state index is 12.6. The van der Waals surface area contributed by atoms with Gasteiger partial charge < -0.3 is 14.2 Å². The molecule has 0 aromatic carbocycles. The molecule has 0 N–H and O–H groups in total. The topological polar surface area (TPSA) is 78.9 Å². The van der Waals surface area contributed by atoms with Gasteiger partial charge in [0.1, 0.15) is 13.2 Å². The molecule has 0 aliphatic carbocycles. The maximum Gasteiger partial charge on any atom is 0.306 e. The third-order valence-electron chi connectivity index (χ3n) is 9.83. The monoisotopic (exact) mass is 695 g/mol. The molecule has 6 heteroatoms. The number of unbranched alkanes of at least 4 members (excludes halogenated alkanes) is 21. The molecule has 0 saturated carbocycles. The summed E-state index contributed by atoms with van der Waals surface area (Å²) in [5, 5.41) is 0. The van der Waals surface area contributed by atoms with Crippen LogP contribution < -0.4 is 0 Å². The minimum absolute atomic E-state index is 0.0666. The number of hydrogen-bond donors (Lipinski definition) is 0. The van der Waals surface area contributed by atoms with Gasteiger partial charge in [-0.25, -0.2) is 0 Å². The zero-order valence-corrected chi connectivity index (χ0v) is 33.3. The molecule has 0 saturated heterocycles. The third-order valence-corrected chi connectivity index (χ3v) is 9.83. The highest BCUT2D eigenvalue weighted by Gasteiger charge is 2.19. The van der Waals surface area contributed by atoms with Gasteiger partial charge in [-0.2, -0.15) is 0 Å². The van der Waals surface area contributed by atoms with Crippen molar-refractivity contribution in [1.29, 1.82) is 0 Å². The molecule has 290 valence electrons. The van der Waals surface area contributed by atoms with E-state index in [2.05, 4.69) is 34.6 Å². The summed E-state index contributed by atoms with van der Waals surface area (Å²) in [6.07, 6.45) is 32.4. The van der Waals surface area contributed by atoms with Gasteiger partial charge in [-0.1, -0.05) is 189 Å². The maximum atomic E-state index is 12.6. The summed E-state index contributed by atoms with van der Waals surface area (Å²) in [5.41, 5.74) is 0. The molecule has 0 heterocycles. The fourth-order valence-electron chi connectivity index (χ4n) is 6.19. The van der Waals surface area contributed by atoms with Crippen LogP contribution in [0.2, 0.25) is 0 Å². The van der Waals surface area contributed by atoms with Crippen molar-refractivity contribution in [2.24, 2.45) is 11.8 Å². The second-order valence-electron chi connectivity index (χ2n) is 15.3. The smallest absolute Gasteiger partial charge is 0.306 e. The Morgan fingerprint density at radius 2 is 0.776 bits per heavy atom. The van der Waals surface area contributed by atoms with Crippen molar-refractivity contribution in [3.05, 3.63) is 0 Å². The Kier molecular flexibility index (Phi) is 35.0. The molecular formula is C43H82O6. The fraction of sp³-hybridized carbons (Fsp3) is 0.930. The molecule has 49 heavy (non-hydrogen) atoms. The Morgan fingerprint density at radius 1 is 0.429 bits per heavy atom. The van der Waals surface area contributed by atoms with E-state index in [1.807, 2.05) is 0 Å². The lowest BCUT2D eigenvalue weighted by molar-refractivity contribution is -0.167. The van der Waals surface area contributed by atoms with Crippen molar-refractivity contribution in [3.63, 3.8) is 0 Å². The van der Waals surface area contributed by atoms with Gasteiger partial charge in [-0.3, -0.25) is 14.4 Å². The van der Waals surface area contributed by atoms with Gasteiger partial charge >= 0.3 is 17.9 Å². The van der Waals surface area contributed by atoms with Crippen LogP contribution in [0.1, 0.15) is 227 Å². The summed E-state index contributed by atoms with van der Waals surface area (Å²) in [6.45, 7) is 11.2. The molecular weight excluding hydrogens is 612 g/mol. The largest absolute Gasteiger partial charge is 0.462 e. The lowest BCUT2D eigenvalue weighted by Gasteiger charge is -2.18. The first-order chi connectivity index (χ1) is 23.8. The van der Waals surface area contributed by atoms with Gasteiger partial charge in [0.15, 0.2) is 6.10 Å². The van der Waals surface area contributed by atoms with Gasteiger partial charge in [0.25, 0.3) is 0 Å². The highest BCUT2D eigenvalue weighted by Crippen LogP contribution is 2.16. The first kappa shape index (κ1) is 47.4. The predicted octanol–water partition coefficient (Wildman–Crippen LogP) is 13.0. The van der Waals surface area contributed by atoms with Gasteiger partial charge in [0.2, 0.25) is 0 Å². The highest BCUT2D eigenvalue weighted by molar-refractivity contribution is 5.71. The Balaban J connectivity index is 4.34. The molecule has 0 aromatic rings. The van der Waals surface area contributed by atoms with Crippen molar-refractivity contribution < 1.29 is 28.6 Å². The molecule has 0 aromatic heterocycles. The molecule has 0 radical (unpaired) electrons. The minimum atomic E-state index is -0.760. The van der Waals surface area contributed by atoms with Gasteiger partial charge in [-0.15, -0.1) is 0 Å². The molecule has 0 aliphatic heterocycles. The number of rotatable bonds is 37. The second-order valence-corrected chi connectivity index (χ2v) is 15.3. The molecule has 0 fully saturated rings. The highest BCUT2D eigenvalue weighted by atomic mass is 16.6. The van der Waals surface area contributed by atoms with E-state index in [1.54, 1.807) is 0 Å². The predicted molar refractivity (Wildman–Crippen MR) is 206 cm³/mol. The van der Waals surface area contributed by atoms with Crippen LogP contribution in [-0.4, -0.2) is 37.2 Å². The van der Waals surface area contributed by atoms with E-state index in [1.165, 1.54) is 116 Å². The molecule has 2 atom stereocenters. The number of hydrogen-bond acceptors (Lipinski definition) is 6. The quantitative estimate of drug-likeness (QED) is 0.0366. The van der Waals surface area contributed by atoms with Crippen LogP contribution in [0.3, 0.4) is 0 Å². The van der Waals surface area contributed by atoms with Crippen LogP contribution in [0.25, 0.3) is 0 Å². The first-order valence-corrected chi connectivity index (χ1v) is 21.3. The molecule has 0 rings (SSSR count). The van der Waals surface area contributed by atoms with Crippen molar-refractivity contribution >= 4 is 17.9 Å². The first-order valence-electron chi connectivity index (χ1n) is 21.3. The number of ether oxygens (including phenoxy) is 3. The second kappa shape index (κ2) is 36.2. The van der Waals surface area contributed by atoms with Gasteiger partial charge in [0.05, 0.1) is 0 Å². The van der Waals surface area contributed by atoms with Crippen molar-refractivity contribution in [1.82, 2.24) is 0 Å². The van der Waals surface area contributed by atoms with Gasteiger partial charge in [-0.05, 0) is 31.1 Å². The Hall–Kier alpha value is -1.59. The average molecular weight is 695 g/mol. The standard InChI is InChI=1S/C43H82O6/c1-6-8-9-10-11-12-13-17-23-28-33-41(44)47-36-40(49-43(46)35-30-25-20-19-21-26-31-38(3)4)37-48-42(45)34-29-24-18-15-14-16-22-27-32-39(5)7-2/h38-40H,6-37H2,1-5H3/t39?,40-/m0/s1. The fourth-order valence-corrected chi connectivity index (χ4v) is 6.19. The number of carbonyl (C=O) groups excluding carboxylic acids is 3. The lowest BCUT2D eigenvalue weighted by Crippen LogP contribution is -2.30. The Morgan fingerprint density at radius 3 is 1.16 bits per heavy atom. The van der Waals surface area contributed by atoms with Crippen LogP contribution in [0.4, 0.5) is 0 Å². The third kappa shape index (κ3) is 36.0. The minimum Gasteiger partial charge on any atom is -0.462 e. The summed E-state index contributed by atoms with van der Waals surface area (Å²) in [4.78, 5) is 37.5. The summed E-state index contributed by atoms with van der Waals surface area (Å²) < 4.78 is 16.6. The molecule has 0 aliphatic rings. The summed E-state index contributed by atoms with van der Waals surface area (Å²) in [7, 11) is 0. The van der Waals surface area contributed by atoms with Crippen LogP contribution in [-0.2, 0) is 28.6 Å². The number of esters is 3. The molecule has 1 unspecified atom stereocenters. The van der Waals surface area contributed by atoms with E-state index >= 15 is 0 Å². The van der Waals surface area contributed by atoms with Gasteiger partial charge in [0, 0.05) is 19.3 Å². The van der Waals surface area contributed by atoms with Crippen LogP contribution >= 0.6 is 0 Å². The van der Waals surface area contributed by atoms with E-state index in [0.717, 1.165) is 69.6 Å². The molecule has 6 nitrogen and oxygen atoms in total. The molecule has 0 bridgehead atoms. The van der Waals surface area contributed by atoms with Crippen molar-refractivity contribution in [2.45, 2.75) is 233 Å². The van der Waals surface area contributed by atoms with E-state index in [0.29, 0.717) is 19.3 Å². The summed E-state index contributed by atoms with van der Waals surface area (Å²) in [5.74, 6) is 0.738.